The van der Waals surface area contributed by atoms with Crippen molar-refractivity contribution < 1.29 is 27.7 Å². The molecule has 3 aromatic carbocycles. The van der Waals surface area contributed by atoms with Gasteiger partial charge in [0.1, 0.15) is 18.3 Å². The first-order valence-corrected chi connectivity index (χ1v) is 15.4. The molecule has 0 saturated heterocycles. The molecular weight excluding hydrogens is 572 g/mol. The second kappa shape index (κ2) is 14.6. The van der Waals surface area contributed by atoms with Gasteiger partial charge in [-0.25, -0.2) is 8.42 Å². The highest BCUT2D eigenvalue weighted by Gasteiger charge is 2.33. The van der Waals surface area contributed by atoms with Gasteiger partial charge in [-0.3, -0.25) is 24.0 Å². The second-order valence-electron chi connectivity index (χ2n) is 10.2. The van der Waals surface area contributed by atoms with Crippen LogP contribution in [0, 0.1) is 24.0 Å². The van der Waals surface area contributed by atoms with Crippen LogP contribution in [0.25, 0.3) is 0 Å². The predicted octanol–water partition coefficient (Wildman–Crippen LogP) is 4.75. The van der Waals surface area contributed by atoms with Gasteiger partial charge in [-0.15, -0.1) is 0 Å². The van der Waals surface area contributed by atoms with Crippen LogP contribution in [-0.2, 0) is 26.2 Å². The third-order valence-electron chi connectivity index (χ3n) is 7.07. The summed E-state index contributed by atoms with van der Waals surface area (Å²) < 4.78 is 34.2. The Morgan fingerprint density at radius 3 is 2.26 bits per heavy atom. The topological polar surface area (TPSA) is 139 Å². The minimum Gasteiger partial charge on any atom is -0.497 e. The average molecular weight is 611 g/mol. The Balaban J connectivity index is 2.06. The first kappa shape index (κ1) is 33.1. The number of amides is 2. The summed E-state index contributed by atoms with van der Waals surface area (Å²) in [6, 6.07) is 16.2. The Labute approximate surface area is 252 Å². The summed E-state index contributed by atoms with van der Waals surface area (Å²) in [7, 11) is -3.01. The monoisotopic (exact) mass is 610 g/mol. The highest BCUT2D eigenvalue weighted by Crippen LogP contribution is 2.29. The van der Waals surface area contributed by atoms with Gasteiger partial charge in [0, 0.05) is 24.7 Å². The summed E-state index contributed by atoms with van der Waals surface area (Å²) in [4.78, 5) is 39.0. The lowest BCUT2D eigenvalue weighted by molar-refractivity contribution is -0.385. The van der Waals surface area contributed by atoms with Gasteiger partial charge in [0.05, 0.1) is 22.6 Å². The smallest absolute Gasteiger partial charge is 0.273 e. The number of nitrogens with zero attached hydrogens (tertiary/aromatic N) is 3. The van der Waals surface area contributed by atoms with Gasteiger partial charge in [-0.05, 0) is 63.1 Å². The molecule has 0 heterocycles. The second-order valence-corrected chi connectivity index (χ2v) is 12.1. The van der Waals surface area contributed by atoms with Crippen LogP contribution in [-0.4, -0.2) is 56.3 Å². The van der Waals surface area contributed by atoms with Crippen molar-refractivity contribution in [3.05, 3.63) is 93.5 Å². The number of nitrogens with one attached hydrogen (secondary N) is 1. The van der Waals surface area contributed by atoms with Crippen LogP contribution in [0.1, 0.15) is 43.4 Å². The van der Waals surface area contributed by atoms with Crippen molar-refractivity contribution in [2.24, 2.45) is 0 Å². The molecule has 0 aliphatic heterocycles. The Kier molecular flexibility index (Phi) is 11.2. The summed E-state index contributed by atoms with van der Waals surface area (Å²) in [5, 5.41) is 14.4. The molecule has 0 spiro atoms. The number of nitro groups is 1. The van der Waals surface area contributed by atoms with E-state index in [1.54, 1.807) is 19.1 Å². The van der Waals surface area contributed by atoms with Crippen LogP contribution in [0.3, 0.4) is 0 Å². The van der Waals surface area contributed by atoms with E-state index < -0.39 is 33.4 Å². The molecule has 1 atom stereocenters. The maximum Gasteiger partial charge on any atom is 0.273 e. The van der Waals surface area contributed by atoms with Crippen molar-refractivity contribution in [1.29, 1.82) is 0 Å². The average Bonchev–Trinajstić information content (AvgIpc) is 2.99. The van der Waals surface area contributed by atoms with E-state index in [2.05, 4.69) is 5.32 Å². The third kappa shape index (κ3) is 8.31. The van der Waals surface area contributed by atoms with E-state index in [1.165, 1.54) is 43.2 Å². The molecule has 3 rings (SSSR count). The van der Waals surface area contributed by atoms with E-state index in [-0.39, 0.29) is 28.7 Å². The Morgan fingerprint density at radius 1 is 1.02 bits per heavy atom. The minimum atomic E-state index is -4.48. The molecule has 0 saturated carbocycles. The lowest BCUT2D eigenvalue weighted by Crippen LogP contribution is -2.51. The number of aryl methyl sites for hydroxylation is 2. The van der Waals surface area contributed by atoms with E-state index in [4.69, 9.17) is 4.74 Å². The van der Waals surface area contributed by atoms with Gasteiger partial charge in [-0.2, -0.15) is 0 Å². The standard InChI is InChI=1S/C31H38N4O7S/c1-6-7-18-32-31(37)24(4)33(20-25-11-8-22(2)9-12-25)30(36)21-34(26-13-15-27(42-5)16-14-26)43(40,41)28-17-10-23(3)29(19-28)35(38)39/h8-17,19,24H,6-7,18,20-21H2,1-5H3,(H,32,37)/t24-/m1/s1. The van der Waals surface area contributed by atoms with Gasteiger partial charge < -0.3 is 15.0 Å². The summed E-state index contributed by atoms with van der Waals surface area (Å²) in [5.74, 6) is -0.515. The van der Waals surface area contributed by atoms with E-state index in [0.717, 1.165) is 34.3 Å². The number of carbonyl (C=O) groups excluding carboxylic acids is 2. The van der Waals surface area contributed by atoms with Crippen LogP contribution in [0.15, 0.2) is 71.6 Å². The van der Waals surface area contributed by atoms with Crippen molar-refractivity contribution in [2.45, 2.75) is 58.0 Å². The number of ether oxygens (including phenoxy) is 1. The molecule has 230 valence electrons. The summed E-state index contributed by atoms with van der Waals surface area (Å²) in [6.07, 6.45) is 1.66. The number of carbonyl (C=O) groups is 2. The molecule has 11 nitrogen and oxygen atoms in total. The predicted molar refractivity (Wildman–Crippen MR) is 164 cm³/mol. The maximum atomic E-state index is 14.0. The number of anilines is 1. The summed E-state index contributed by atoms with van der Waals surface area (Å²) >= 11 is 0. The molecule has 0 unspecified atom stereocenters. The third-order valence-corrected chi connectivity index (χ3v) is 8.84. The van der Waals surface area contributed by atoms with Crippen molar-refractivity contribution in [3.63, 3.8) is 0 Å². The van der Waals surface area contributed by atoms with E-state index in [1.807, 2.05) is 38.1 Å². The molecule has 2 amide bonds. The van der Waals surface area contributed by atoms with Gasteiger partial charge in [-0.1, -0.05) is 49.2 Å². The molecule has 0 aliphatic rings. The van der Waals surface area contributed by atoms with Crippen molar-refractivity contribution in [1.82, 2.24) is 10.2 Å². The number of unbranched alkanes of at least 4 members (excludes halogenated alkanes) is 1. The first-order chi connectivity index (χ1) is 20.4. The lowest BCUT2D eigenvalue weighted by atomic mass is 10.1. The lowest BCUT2D eigenvalue weighted by Gasteiger charge is -2.32. The fourth-order valence-electron chi connectivity index (χ4n) is 4.36. The first-order valence-electron chi connectivity index (χ1n) is 13.9. The fourth-order valence-corrected chi connectivity index (χ4v) is 5.79. The largest absolute Gasteiger partial charge is 0.497 e. The van der Waals surface area contributed by atoms with E-state index in [0.29, 0.717) is 17.9 Å². The quantitative estimate of drug-likeness (QED) is 0.158. The highest BCUT2D eigenvalue weighted by molar-refractivity contribution is 7.92. The van der Waals surface area contributed by atoms with Gasteiger partial charge in [0.25, 0.3) is 15.7 Å². The number of nitro benzene ring substituents is 1. The zero-order chi connectivity index (χ0) is 31.7. The molecular formula is C31H38N4O7S. The number of methoxy groups -OCH3 is 1. The van der Waals surface area contributed by atoms with Gasteiger partial charge in [0.2, 0.25) is 11.8 Å². The van der Waals surface area contributed by atoms with Crippen LogP contribution in [0.4, 0.5) is 11.4 Å². The minimum absolute atomic E-state index is 0.0635. The zero-order valence-corrected chi connectivity index (χ0v) is 25.9. The van der Waals surface area contributed by atoms with Gasteiger partial charge >= 0.3 is 0 Å². The SMILES string of the molecule is CCCCNC(=O)[C@@H](C)N(Cc1ccc(C)cc1)C(=O)CN(c1ccc(OC)cc1)S(=O)(=O)c1ccc(C)c([N+](=O)[O-])c1. The highest BCUT2D eigenvalue weighted by atomic mass is 32.2. The molecule has 12 heteroatoms. The Morgan fingerprint density at radius 2 is 1.67 bits per heavy atom. The maximum absolute atomic E-state index is 14.0. The van der Waals surface area contributed by atoms with Crippen molar-refractivity contribution in [2.75, 3.05) is 24.5 Å². The molecule has 0 aliphatic carbocycles. The molecule has 1 N–H and O–H groups in total. The normalized spacial score (nSPS) is 11.8. The van der Waals surface area contributed by atoms with Crippen LogP contribution in [0.2, 0.25) is 0 Å². The van der Waals surface area contributed by atoms with Crippen LogP contribution in [0.5, 0.6) is 5.75 Å². The van der Waals surface area contributed by atoms with E-state index in [9.17, 15) is 28.1 Å². The van der Waals surface area contributed by atoms with E-state index >= 15 is 0 Å². The molecule has 0 bridgehead atoms. The number of hydrogen-bond acceptors (Lipinski definition) is 7. The zero-order valence-electron chi connectivity index (χ0n) is 25.1. The van der Waals surface area contributed by atoms with Gasteiger partial charge in [0.15, 0.2) is 0 Å². The van der Waals surface area contributed by atoms with Crippen LogP contribution < -0.4 is 14.4 Å². The van der Waals surface area contributed by atoms with Crippen molar-refractivity contribution in [3.8, 4) is 5.75 Å². The number of hydrogen-bond donors (Lipinski definition) is 1. The molecule has 0 fully saturated rings. The molecule has 0 radical (unpaired) electrons. The van der Waals surface area contributed by atoms with Crippen LogP contribution >= 0.6 is 0 Å². The molecule has 0 aromatic heterocycles. The Bertz CT molecular complexity index is 1540. The summed E-state index contributed by atoms with van der Waals surface area (Å²) in [5.41, 5.74) is 1.87. The number of rotatable bonds is 14. The van der Waals surface area contributed by atoms with Crippen molar-refractivity contribution >= 4 is 33.2 Å². The summed E-state index contributed by atoms with van der Waals surface area (Å²) in [6.45, 7) is 6.90. The Hall–Kier alpha value is -4.45. The molecule has 3 aromatic rings. The number of sulfonamides is 1. The number of benzene rings is 3. The fraction of sp³-hybridized carbons (Fsp3) is 0.355. The molecule has 43 heavy (non-hydrogen) atoms.